The quantitative estimate of drug-likeness (QED) is 0.406. The Morgan fingerprint density at radius 3 is 2.28 bits per heavy atom. The summed E-state index contributed by atoms with van der Waals surface area (Å²) in [5.74, 6) is -0.0253. The smallest absolute Gasteiger partial charge is 0.326 e. The van der Waals surface area contributed by atoms with Gasteiger partial charge < -0.3 is 29.5 Å². The fourth-order valence-electron chi connectivity index (χ4n) is 4.69. The number of carboxylic acid groups (broad SMARTS) is 1. The van der Waals surface area contributed by atoms with E-state index in [1.807, 2.05) is 56.6 Å². The number of unbranched alkanes of at least 4 members (excludes halogenated alkanes) is 1. The fourth-order valence-corrected chi connectivity index (χ4v) is 4.69. The van der Waals surface area contributed by atoms with Crippen LogP contribution in [0.25, 0.3) is 11.1 Å². The molecule has 196 valence electrons. The number of hydrogen-bond donors (Lipinski definition) is 2. The summed E-state index contributed by atoms with van der Waals surface area (Å²) in [6.07, 6.45) is 3.97. The zero-order valence-corrected chi connectivity index (χ0v) is 21.7. The highest BCUT2D eigenvalue weighted by Gasteiger charge is 2.43. The van der Waals surface area contributed by atoms with Crippen molar-refractivity contribution in [2.24, 2.45) is 0 Å². The molecule has 1 fully saturated rings. The average Bonchev–Trinajstić information content (AvgIpc) is 3.36. The maximum Gasteiger partial charge on any atom is 0.326 e. The van der Waals surface area contributed by atoms with Crippen LogP contribution in [0.15, 0.2) is 42.5 Å². The van der Waals surface area contributed by atoms with E-state index in [-0.39, 0.29) is 12.3 Å². The van der Waals surface area contributed by atoms with Crippen molar-refractivity contribution in [2.45, 2.75) is 50.2 Å². The largest absolute Gasteiger partial charge is 0.496 e. The molecule has 0 bridgehead atoms. The predicted molar refractivity (Wildman–Crippen MR) is 139 cm³/mol. The number of nitrogens with one attached hydrogen (secondary N) is 1. The minimum atomic E-state index is -1.07. The molecule has 1 aliphatic heterocycles. The molecule has 8 heteroatoms. The van der Waals surface area contributed by atoms with Crippen molar-refractivity contribution in [1.82, 2.24) is 10.2 Å². The van der Waals surface area contributed by atoms with Gasteiger partial charge in [-0.1, -0.05) is 30.3 Å². The predicted octanol–water partition coefficient (Wildman–Crippen LogP) is 3.76. The summed E-state index contributed by atoms with van der Waals surface area (Å²) in [7, 11) is 7.25. The lowest BCUT2D eigenvalue weighted by molar-refractivity contribution is -0.149. The molecule has 0 spiro atoms. The lowest BCUT2D eigenvalue weighted by Crippen LogP contribution is -2.52. The van der Waals surface area contributed by atoms with Gasteiger partial charge >= 0.3 is 5.97 Å². The first kappa shape index (κ1) is 27.5. The molecule has 3 rings (SSSR count). The summed E-state index contributed by atoms with van der Waals surface area (Å²) in [5, 5.41) is 12.6. The van der Waals surface area contributed by atoms with Crippen LogP contribution in [0.1, 0.15) is 37.7 Å². The summed E-state index contributed by atoms with van der Waals surface area (Å²) in [5.41, 5.74) is 1.57. The average molecular weight is 499 g/mol. The van der Waals surface area contributed by atoms with Gasteiger partial charge in [-0.05, 0) is 76.0 Å². The van der Waals surface area contributed by atoms with E-state index in [4.69, 9.17) is 14.2 Å². The van der Waals surface area contributed by atoms with E-state index < -0.39 is 17.6 Å². The summed E-state index contributed by atoms with van der Waals surface area (Å²) in [6, 6.07) is 12.1. The van der Waals surface area contributed by atoms with E-state index in [2.05, 4.69) is 10.2 Å². The third-order valence-electron chi connectivity index (χ3n) is 6.67. The molecule has 0 aliphatic carbocycles. The van der Waals surface area contributed by atoms with Crippen molar-refractivity contribution in [3.05, 3.63) is 48.0 Å². The lowest BCUT2D eigenvalue weighted by Gasteiger charge is -2.29. The number of hydrogen-bond acceptors (Lipinski definition) is 6. The van der Waals surface area contributed by atoms with Crippen molar-refractivity contribution < 1.29 is 28.9 Å². The van der Waals surface area contributed by atoms with E-state index in [1.165, 1.54) is 0 Å². The number of carboxylic acids is 1. The number of aliphatic carboxylic acids is 1. The van der Waals surface area contributed by atoms with E-state index in [0.717, 1.165) is 42.5 Å². The van der Waals surface area contributed by atoms with Gasteiger partial charge in [-0.3, -0.25) is 4.79 Å². The van der Waals surface area contributed by atoms with Crippen LogP contribution >= 0.6 is 0 Å². The SMILES string of the molecule is COc1cccc(OC)c1-c1ccc(C[C@H](NC(=O)[C@@]2(CCCCN(C)C)CCCO2)C(=O)O)cc1. The Morgan fingerprint density at radius 2 is 1.75 bits per heavy atom. The lowest BCUT2D eigenvalue weighted by atomic mass is 9.91. The summed E-state index contributed by atoms with van der Waals surface area (Å²) in [4.78, 5) is 27.4. The van der Waals surface area contributed by atoms with Crippen LogP contribution in [0.2, 0.25) is 0 Å². The Morgan fingerprint density at radius 1 is 1.08 bits per heavy atom. The molecule has 1 aliphatic rings. The first-order chi connectivity index (χ1) is 17.3. The number of rotatable bonds is 13. The molecule has 2 aromatic rings. The number of carbonyl (C=O) groups excluding carboxylic acids is 1. The Hall–Kier alpha value is -3.10. The summed E-state index contributed by atoms with van der Waals surface area (Å²) < 4.78 is 16.9. The van der Waals surface area contributed by atoms with Gasteiger partial charge in [0, 0.05) is 13.0 Å². The molecule has 2 aromatic carbocycles. The number of ether oxygens (including phenoxy) is 3. The standard InChI is InChI=1S/C28H38N2O6/c1-30(2)17-6-5-15-28(16-8-18-36-28)27(33)29-22(26(31)32)19-20-11-13-21(14-12-20)25-23(34-3)9-7-10-24(25)35-4/h7,9-14,22H,5-6,8,15-19H2,1-4H3,(H,29,33)(H,31,32)/t22-,28+/m0/s1. The normalized spacial score (nSPS) is 18.1. The van der Waals surface area contributed by atoms with Crippen molar-refractivity contribution in [1.29, 1.82) is 0 Å². The van der Waals surface area contributed by atoms with Crippen LogP contribution in [-0.2, 0) is 20.7 Å². The Kier molecular flexibility index (Phi) is 9.73. The van der Waals surface area contributed by atoms with Gasteiger partial charge in [0.25, 0.3) is 5.91 Å². The Balaban J connectivity index is 1.71. The van der Waals surface area contributed by atoms with Crippen LogP contribution in [-0.4, -0.2) is 75.0 Å². The highest BCUT2D eigenvalue weighted by molar-refractivity contribution is 5.89. The Bertz CT molecular complexity index is 993. The van der Waals surface area contributed by atoms with E-state index in [9.17, 15) is 14.7 Å². The minimum Gasteiger partial charge on any atom is -0.496 e. The molecule has 1 amide bonds. The molecule has 1 heterocycles. The summed E-state index contributed by atoms with van der Waals surface area (Å²) >= 11 is 0. The maximum atomic E-state index is 13.2. The number of benzene rings is 2. The van der Waals surface area contributed by atoms with Gasteiger partial charge in [0.15, 0.2) is 0 Å². The van der Waals surface area contributed by atoms with E-state index in [0.29, 0.717) is 30.9 Å². The number of methoxy groups -OCH3 is 2. The molecule has 0 unspecified atom stereocenters. The third kappa shape index (κ3) is 6.77. The number of nitrogens with zero attached hydrogens (tertiary/aromatic N) is 1. The molecule has 0 aromatic heterocycles. The van der Waals surface area contributed by atoms with Crippen LogP contribution < -0.4 is 14.8 Å². The number of carbonyl (C=O) groups is 2. The highest BCUT2D eigenvalue weighted by Crippen LogP contribution is 2.38. The van der Waals surface area contributed by atoms with Crippen molar-refractivity contribution in [2.75, 3.05) is 41.5 Å². The molecule has 0 radical (unpaired) electrons. The molecule has 2 atom stereocenters. The van der Waals surface area contributed by atoms with Crippen LogP contribution in [0.4, 0.5) is 0 Å². The fraction of sp³-hybridized carbons (Fsp3) is 0.500. The molecule has 36 heavy (non-hydrogen) atoms. The highest BCUT2D eigenvalue weighted by atomic mass is 16.5. The van der Waals surface area contributed by atoms with Crippen LogP contribution in [0, 0.1) is 0 Å². The van der Waals surface area contributed by atoms with Gasteiger partial charge in [-0.15, -0.1) is 0 Å². The molecular weight excluding hydrogens is 460 g/mol. The molecule has 2 N–H and O–H groups in total. The first-order valence-electron chi connectivity index (χ1n) is 12.4. The van der Waals surface area contributed by atoms with Crippen molar-refractivity contribution >= 4 is 11.9 Å². The second kappa shape index (κ2) is 12.7. The van der Waals surface area contributed by atoms with Gasteiger partial charge in [0.2, 0.25) is 0 Å². The van der Waals surface area contributed by atoms with Crippen LogP contribution in [0.5, 0.6) is 11.5 Å². The van der Waals surface area contributed by atoms with E-state index >= 15 is 0 Å². The van der Waals surface area contributed by atoms with E-state index in [1.54, 1.807) is 14.2 Å². The van der Waals surface area contributed by atoms with Gasteiger partial charge in [0.1, 0.15) is 23.1 Å². The Labute approximate surface area is 213 Å². The summed E-state index contributed by atoms with van der Waals surface area (Å²) in [6.45, 7) is 1.46. The molecule has 1 saturated heterocycles. The number of amides is 1. The van der Waals surface area contributed by atoms with Gasteiger partial charge in [-0.25, -0.2) is 4.79 Å². The molecular formula is C28H38N2O6. The zero-order valence-electron chi connectivity index (χ0n) is 21.7. The maximum absolute atomic E-state index is 13.2. The third-order valence-corrected chi connectivity index (χ3v) is 6.67. The second-order valence-electron chi connectivity index (χ2n) is 9.51. The monoisotopic (exact) mass is 498 g/mol. The molecule has 0 saturated carbocycles. The minimum absolute atomic E-state index is 0.168. The van der Waals surface area contributed by atoms with Crippen LogP contribution in [0.3, 0.4) is 0 Å². The molecule has 8 nitrogen and oxygen atoms in total. The second-order valence-corrected chi connectivity index (χ2v) is 9.51. The van der Waals surface area contributed by atoms with Gasteiger partial charge in [0.05, 0.1) is 19.8 Å². The van der Waals surface area contributed by atoms with Crippen molar-refractivity contribution in [3.63, 3.8) is 0 Å². The van der Waals surface area contributed by atoms with Crippen molar-refractivity contribution in [3.8, 4) is 22.6 Å². The van der Waals surface area contributed by atoms with Gasteiger partial charge in [-0.2, -0.15) is 0 Å². The zero-order chi connectivity index (χ0) is 26.1. The topological polar surface area (TPSA) is 97.3 Å². The first-order valence-corrected chi connectivity index (χ1v) is 12.4.